The lowest BCUT2D eigenvalue weighted by molar-refractivity contribution is -0.155. The summed E-state index contributed by atoms with van der Waals surface area (Å²) in [5.41, 5.74) is -0.141. The van der Waals surface area contributed by atoms with E-state index < -0.39 is 30.4 Å². The Morgan fingerprint density at radius 1 is 1.11 bits per heavy atom. The number of carboxylic acids is 1. The SMILES string of the molecule is CC(C)Oc1ccc(C(=O)O)cc1NC(=O)CC(c1ccccc1)C(F)(F)F. The zero-order valence-corrected chi connectivity index (χ0v) is 15.3. The Morgan fingerprint density at radius 3 is 2.29 bits per heavy atom. The molecule has 5 nitrogen and oxygen atoms in total. The van der Waals surface area contributed by atoms with Crippen molar-refractivity contribution in [3.8, 4) is 5.75 Å². The van der Waals surface area contributed by atoms with Crippen LogP contribution in [0, 0.1) is 0 Å². The predicted octanol–water partition coefficient (Wildman–Crippen LogP) is 4.85. The molecule has 2 N–H and O–H groups in total. The lowest BCUT2D eigenvalue weighted by Crippen LogP contribution is -2.26. The summed E-state index contributed by atoms with van der Waals surface area (Å²) in [6.07, 6.45) is -5.73. The van der Waals surface area contributed by atoms with Crippen molar-refractivity contribution >= 4 is 17.6 Å². The molecule has 0 spiro atoms. The minimum atomic E-state index is -4.61. The number of alkyl halides is 3. The zero-order chi connectivity index (χ0) is 20.9. The quantitative estimate of drug-likeness (QED) is 0.703. The summed E-state index contributed by atoms with van der Waals surface area (Å²) >= 11 is 0. The maximum absolute atomic E-state index is 13.4. The van der Waals surface area contributed by atoms with E-state index >= 15 is 0 Å². The Labute approximate surface area is 160 Å². The molecular weight excluding hydrogens is 375 g/mol. The second kappa shape index (κ2) is 8.77. The molecule has 0 fully saturated rings. The van der Waals surface area contributed by atoms with Gasteiger partial charge >= 0.3 is 12.1 Å². The number of carbonyl (C=O) groups is 2. The number of hydrogen-bond acceptors (Lipinski definition) is 3. The monoisotopic (exact) mass is 395 g/mol. The fourth-order valence-corrected chi connectivity index (χ4v) is 2.61. The third kappa shape index (κ3) is 5.73. The predicted molar refractivity (Wildman–Crippen MR) is 97.7 cm³/mol. The number of anilines is 1. The highest BCUT2D eigenvalue weighted by Crippen LogP contribution is 2.38. The molecular formula is C20H20F3NO4. The number of carbonyl (C=O) groups excluding carboxylic acids is 1. The van der Waals surface area contributed by atoms with E-state index in [-0.39, 0.29) is 28.7 Å². The van der Waals surface area contributed by atoms with Crippen LogP contribution >= 0.6 is 0 Å². The Bertz CT molecular complexity index is 835. The smallest absolute Gasteiger partial charge is 0.396 e. The van der Waals surface area contributed by atoms with Crippen LogP contribution in [-0.2, 0) is 4.79 Å². The number of nitrogens with one attached hydrogen (secondary N) is 1. The van der Waals surface area contributed by atoms with Gasteiger partial charge in [0.25, 0.3) is 0 Å². The molecule has 8 heteroatoms. The molecule has 0 bridgehead atoms. The Kier molecular flexibility index (Phi) is 6.66. The van der Waals surface area contributed by atoms with Gasteiger partial charge in [-0.2, -0.15) is 13.2 Å². The van der Waals surface area contributed by atoms with Crippen LogP contribution in [0.15, 0.2) is 48.5 Å². The molecule has 2 rings (SSSR count). The van der Waals surface area contributed by atoms with Gasteiger partial charge < -0.3 is 15.2 Å². The number of amides is 1. The van der Waals surface area contributed by atoms with Crippen molar-refractivity contribution in [2.75, 3.05) is 5.32 Å². The van der Waals surface area contributed by atoms with Crippen molar-refractivity contribution in [2.24, 2.45) is 0 Å². The van der Waals surface area contributed by atoms with E-state index in [1.807, 2.05) is 0 Å². The third-order valence-corrected chi connectivity index (χ3v) is 3.85. The van der Waals surface area contributed by atoms with E-state index in [9.17, 15) is 22.8 Å². The van der Waals surface area contributed by atoms with Gasteiger partial charge in [0.1, 0.15) is 5.75 Å². The van der Waals surface area contributed by atoms with E-state index in [4.69, 9.17) is 9.84 Å². The van der Waals surface area contributed by atoms with Crippen molar-refractivity contribution in [1.82, 2.24) is 0 Å². The number of benzene rings is 2. The first-order valence-corrected chi connectivity index (χ1v) is 8.53. The van der Waals surface area contributed by atoms with Gasteiger partial charge in [0, 0.05) is 6.42 Å². The zero-order valence-electron chi connectivity index (χ0n) is 15.3. The number of halogens is 3. The Balaban J connectivity index is 2.27. The van der Waals surface area contributed by atoms with Crippen molar-refractivity contribution in [1.29, 1.82) is 0 Å². The van der Waals surface area contributed by atoms with Crippen LogP contribution in [-0.4, -0.2) is 29.3 Å². The summed E-state index contributed by atoms with van der Waals surface area (Å²) in [5, 5.41) is 11.5. The standard InChI is InChI=1S/C20H20F3NO4/c1-12(2)28-17-9-8-14(19(26)27)10-16(17)24-18(25)11-15(20(21,22)23)13-6-4-3-5-7-13/h3-10,12,15H,11H2,1-2H3,(H,24,25)(H,26,27). The van der Waals surface area contributed by atoms with Crippen LogP contribution in [0.5, 0.6) is 5.75 Å². The molecule has 0 radical (unpaired) electrons. The first-order chi connectivity index (χ1) is 13.1. The summed E-state index contributed by atoms with van der Waals surface area (Å²) in [5.74, 6) is -3.94. The molecule has 1 unspecified atom stereocenters. The number of hydrogen-bond donors (Lipinski definition) is 2. The first kappa shape index (κ1) is 21.3. The highest BCUT2D eigenvalue weighted by Gasteiger charge is 2.41. The molecule has 0 saturated heterocycles. The van der Waals surface area contributed by atoms with Crippen molar-refractivity contribution in [2.45, 2.75) is 38.5 Å². The lowest BCUT2D eigenvalue weighted by Gasteiger charge is -2.21. The van der Waals surface area contributed by atoms with Gasteiger partial charge in [-0.15, -0.1) is 0 Å². The second-order valence-electron chi connectivity index (χ2n) is 6.44. The number of aromatic carboxylic acids is 1. The molecule has 28 heavy (non-hydrogen) atoms. The summed E-state index contributed by atoms with van der Waals surface area (Å²) in [6.45, 7) is 3.46. The Morgan fingerprint density at radius 2 is 1.75 bits per heavy atom. The summed E-state index contributed by atoms with van der Waals surface area (Å²) in [4.78, 5) is 23.5. The average molecular weight is 395 g/mol. The van der Waals surface area contributed by atoms with Gasteiger partial charge in [-0.25, -0.2) is 4.79 Å². The Hall–Kier alpha value is -3.03. The molecule has 0 aliphatic heterocycles. The molecule has 2 aromatic carbocycles. The number of rotatable bonds is 7. The van der Waals surface area contributed by atoms with Gasteiger partial charge in [-0.1, -0.05) is 30.3 Å². The molecule has 0 aliphatic rings. The van der Waals surface area contributed by atoms with E-state index in [1.54, 1.807) is 19.9 Å². The maximum Gasteiger partial charge on any atom is 0.396 e. The van der Waals surface area contributed by atoms with E-state index in [0.717, 1.165) is 6.07 Å². The molecule has 2 aromatic rings. The fourth-order valence-electron chi connectivity index (χ4n) is 2.61. The van der Waals surface area contributed by atoms with Crippen LogP contribution in [0.25, 0.3) is 0 Å². The van der Waals surface area contributed by atoms with Crippen LogP contribution in [0.4, 0.5) is 18.9 Å². The van der Waals surface area contributed by atoms with Crippen LogP contribution in [0.1, 0.15) is 42.1 Å². The highest BCUT2D eigenvalue weighted by atomic mass is 19.4. The van der Waals surface area contributed by atoms with E-state index in [1.165, 1.54) is 36.4 Å². The minimum absolute atomic E-state index is 0.00702. The van der Waals surface area contributed by atoms with E-state index in [0.29, 0.717) is 0 Å². The third-order valence-electron chi connectivity index (χ3n) is 3.85. The summed E-state index contributed by atoms with van der Waals surface area (Å²) in [6, 6.07) is 10.9. The molecule has 0 aromatic heterocycles. The van der Waals surface area contributed by atoms with Crippen molar-refractivity contribution in [3.05, 3.63) is 59.7 Å². The lowest BCUT2D eigenvalue weighted by atomic mass is 9.94. The topological polar surface area (TPSA) is 75.6 Å². The maximum atomic E-state index is 13.4. The van der Waals surface area contributed by atoms with Crippen LogP contribution in [0.2, 0.25) is 0 Å². The average Bonchev–Trinajstić information content (AvgIpc) is 2.60. The first-order valence-electron chi connectivity index (χ1n) is 8.53. The highest BCUT2D eigenvalue weighted by molar-refractivity contribution is 5.96. The van der Waals surface area contributed by atoms with Gasteiger partial charge in [-0.3, -0.25) is 4.79 Å². The molecule has 0 aliphatic carbocycles. The summed E-state index contributed by atoms with van der Waals surface area (Å²) < 4.78 is 45.8. The molecule has 150 valence electrons. The second-order valence-corrected chi connectivity index (χ2v) is 6.44. The minimum Gasteiger partial charge on any atom is -0.489 e. The molecule has 1 amide bonds. The van der Waals surface area contributed by atoms with Gasteiger partial charge in [0.15, 0.2) is 0 Å². The van der Waals surface area contributed by atoms with Crippen molar-refractivity contribution < 1.29 is 32.6 Å². The molecule has 0 saturated carbocycles. The van der Waals surface area contributed by atoms with Gasteiger partial charge in [-0.05, 0) is 37.6 Å². The number of ether oxygens (including phenoxy) is 1. The normalized spacial score (nSPS) is 12.5. The van der Waals surface area contributed by atoms with Gasteiger partial charge in [0.2, 0.25) is 5.91 Å². The number of carboxylic acid groups (broad SMARTS) is 1. The fraction of sp³-hybridized carbons (Fsp3) is 0.300. The van der Waals surface area contributed by atoms with Crippen LogP contribution in [0.3, 0.4) is 0 Å². The van der Waals surface area contributed by atoms with Gasteiger partial charge in [0.05, 0.1) is 23.3 Å². The largest absolute Gasteiger partial charge is 0.489 e. The van der Waals surface area contributed by atoms with Crippen molar-refractivity contribution in [3.63, 3.8) is 0 Å². The van der Waals surface area contributed by atoms with E-state index in [2.05, 4.69) is 5.32 Å². The summed E-state index contributed by atoms with van der Waals surface area (Å²) in [7, 11) is 0. The molecule has 1 atom stereocenters. The molecule has 0 heterocycles. The van der Waals surface area contributed by atoms with Crippen LogP contribution < -0.4 is 10.1 Å².